The molecule has 1 unspecified atom stereocenters. The molecule has 0 fully saturated rings. The Kier molecular flexibility index (Phi) is 4.27. The van der Waals surface area contributed by atoms with Crippen LogP contribution in [0.15, 0.2) is 30.5 Å². The van der Waals surface area contributed by atoms with Crippen LogP contribution < -0.4 is 5.32 Å². The first-order chi connectivity index (χ1) is 8.96. The highest BCUT2D eigenvalue weighted by Crippen LogP contribution is 2.17. The molecule has 0 aliphatic heterocycles. The summed E-state index contributed by atoms with van der Waals surface area (Å²) < 4.78 is 22.3. The largest absolute Gasteiger partial charge is 0.361 e. The van der Waals surface area contributed by atoms with E-state index in [4.69, 9.17) is 0 Å². The summed E-state index contributed by atoms with van der Waals surface area (Å²) >= 11 is 0. The second kappa shape index (κ2) is 5.75. The van der Waals surface area contributed by atoms with Gasteiger partial charge in [0.25, 0.3) is 0 Å². The van der Waals surface area contributed by atoms with E-state index in [-0.39, 0.29) is 11.8 Å². The lowest BCUT2D eigenvalue weighted by molar-refractivity contribution is 0.562. The van der Waals surface area contributed by atoms with Gasteiger partial charge in [0.15, 0.2) is 0 Å². The lowest BCUT2D eigenvalue weighted by Crippen LogP contribution is -2.34. The van der Waals surface area contributed by atoms with Crippen molar-refractivity contribution < 1.29 is 8.42 Å². The first-order valence-electron chi connectivity index (χ1n) is 6.42. The molecule has 1 atom stereocenters. The summed E-state index contributed by atoms with van der Waals surface area (Å²) in [4.78, 5) is 3.24. The minimum Gasteiger partial charge on any atom is -0.361 e. The maximum Gasteiger partial charge on any atom is 0.148 e. The quantitative estimate of drug-likeness (QED) is 0.847. The van der Waals surface area contributed by atoms with Crippen LogP contribution >= 0.6 is 0 Å². The summed E-state index contributed by atoms with van der Waals surface area (Å²) in [6.07, 6.45) is 4.18. The van der Waals surface area contributed by atoms with Gasteiger partial charge in [-0.3, -0.25) is 0 Å². The number of fused-ring (bicyclic) bond motifs is 1. The van der Waals surface area contributed by atoms with Crippen molar-refractivity contribution in [2.24, 2.45) is 0 Å². The van der Waals surface area contributed by atoms with Crippen LogP contribution in [0.1, 0.15) is 12.5 Å². The molecule has 5 heteroatoms. The lowest BCUT2D eigenvalue weighted by Gasteiger charge is -2.12. The highest BCUT2D eigenvalue weighted by Gasteiger charge is 2.10. The van der Waals surface area contributed by atoms with Crippen molar-refractivity contribution in [1.82, 2.24) is 10.3 Å². The number of hydrogen-bond acceptors (Lipinski definition) is 3. The minimum atomic E-state index is -2.91. The molecule has 2 N–H and O–H groups in total. The minimum absolute atomic E-state index is 0.0137. The van der Waals surface area contributed by atoms with E-state index < -0.39 is 9.84 Å². The molecule has 1 aromatic carbocycles. The Hall–Kier alpha value is -1.33. The molecule has 0 amide bonds. The van der Waals surface area contributed by atoms with Gasteiger partial charge in [-0.1, -0.05) is 18.2 Å². The van der Waals surface area contributed by atoms with Gasteiger partial charge in [0.2, 0.25) is 0 Å². The smallest absolute Gasteiger partial charge is 0.148 e. The number of para-hydroxylation sites is 1. The molecule has 0 saturated carbocycles. The number of rotatable bonds is 6. The molecule has 0 aliphatic rings. The van der Waals surface area contributed by atoms with Gasteiger partial charge in [-0.2, -0.15) is 0 Å². The molecule has 1 heterocycles. The third-order valence-electron chi connectivity index (χ3n) is 3.11. The standard InChI is InChI=1S/C14H20N2O2S/c1-11(10-19(2,17)18)15-8-7-12-9-16-14-6-4-3-5-13(12)14/h3-6,9,11,15-16H,7-8,10H2,1-2H3. The highest BCUT2D eigenvalue weighted by molar-refractivity contribution is 7.90. The number of H-pyrrole nitrogens is 1. The van der Waals surface area contributed by atoms with Gasteiger partial charge in [0.05, 0.1) is 5.75 Å². The van der Waals surface area contributed by atoms with E-state index in [1.807, 2.05) is 25.3 Å². The van der Waals surface area contributed by atoms with Gasteiger partial charge < -0.3 is 10.3 Å². The zero-order chi connectivity index (χ0) is 13.9. The van der Waals surface area contributed by atoms with Crippen molar-refractivity contribution in [3.05, 3.63) is 36.0 Å². The molecule has 0 saturated heterocycles. The summed E-state index contributed by atoms with van der Waals surface area (Å²) in [6, 6.07) is 8.17. The first kappa shape index (κ1) is 14.1. The van der Waals surface area contributed by atoms with E-state index in [9.17, 15) is 8.42 Å². The molecule has 1 aromatic heterocycles. The van der Waals surface area contributed by atoms with Crippen molar-refractivity contribution in [1.29, 1.82) is 0 Å². The lowest BCUT2D eigenvalue weighted by atomic mass is 10.1. The maximum absolute atomic E-state index is 11.2. The number of aromatic amines is 1. The Bertz CT molecular complexity index is 646. The summed E-state index contributed by atoms with van der Waals surface area (Å²) in [5.74, 6) is 0.181. The van der Waals surface area contributed by atoms with Crippen molar-refractivity contribution in [2.75, 3.05) is 18.6 Å². The monoisotopic (exact) mass is 280 g/mol. The van der Waals surface area contributed by atoms with Crippen molar-refractivity contribution >= 4 is 20.7 Å². The Morgan fingerprint density at radius 2 is 2.05 bits per heavy atom. The Morgan fingerprint density at radius 1 is 1.32 bits per heavy atom. The van der Waals surface area contributed by atoms with E-state index in [0.717, 1.165) is 18.5 Å². The van der Waals surface area contributed by atoms with Gasteiger partial charge in [0, 0.05) is 29.4 Å². The third kappa shape index (κ3) is 4.08. The van der Waals surface area contributed by atoms with Gasteiger partial charge in [0.1, 0.15) is 9.84 Å². The molecular formula is C14H20N2O2S. The molecule has 0 spiro atoms. The predicted molar refractivity (Wildman–Crippen MR) is 79.2 cm³/mol. The Balaban J connectivity index is 1.89. The fraction of sp³-hybridized carbons (Fsp3) is 0.429. The topological polar surface area (TPSA) is 62.0 Å². The fourth-order valence-electron chi connectivity index (χ4n) is 2.30. The van der Waals surface area contributed by atoms with E-state index in [0.29, 0.717) is 0 Å². The third-order valence-corrected chi connectivity index (χ3v) is 4.22. The molecular weight excluding hydrogens is 260 g/mol. The van der Waals surface area contributed by atoms with E-state index >= 15 is 0 Å². The van der Waals surface area contributed by atoms with Gasteiger partial charge in [-0.15, -0.1) is 0 Å². The highest BCUT2D eigenvalue weighted by atomic mass is 32.2. The molecule has 19 heavy (non-hydrogen) atoms. The van der Waals surface area contributed by atoms with Crippen LogP contribution in [0.4, 0.5) is 0 Å². The first-order valence-corrected chi connectivity index (χ1v) is 8.48. The maximum atomic E-state index is 11.2. The van der Waals surface area contributed by atoms with Crippen LogP contribution in [0.25, 0.3) is 10.9 Å². The number of benzene rings is 1. The van der Waals surface area contributed by atoms with Crippen molar-refractivity contribution in [2.45, 2.75) is 19.4 Å². The molecule has 0 bridgehead atoms. The molecule has 0 radical (unpaired) electrons. The molecule has 4 nitrogen and oxygen atoms in total. The predicted octanol–water partition coefficient (Wildman–Crippen LogP) is 1.73. The summed E-state index contributed by atoms with van der Waals surface area (Å²) in [5, 5.41) is 4.49. The Morgan fingerprint density at radius 3 is 2.79 bits per heavy atom. The van der Waals surface area contributed by atoms with E-state index in [2.05, 4.69) is 22.4 Å². The van der Waals surface area contributed by atoms with Crippen LogP contribution in [0.3, 0.4) is 0 Å². The Labute approximate surface area is 114 Å². The number of sulfone groups is 1. The second-order valence-corrected chi connectivity index (χ2v) is 7.24. The van der Waals surface area contributed by atoms with Gasteiger partial charge in [-0.05, 0) is 31.5 Å². The van der Waals surface area contributed by atoms with Crippen LogP contribution in [-0.2, 0) is 16.3 Å². The molecule has 104 valence electrons. The summed E-state index contributed by atoms with van der Waals surface area (Å²) in [5.41, 5.74) is 2.40. The average molecular weight is 280 g/mol. The van der Waals surface area contributed by atoms with Gasteiger partial charge >= 0.3 is 0 Å². The summed E-state index contributed by atoms with van der Waals surface area (Å²) in [6.45, 7) is 2.68. The number of nitrogens with one attached hydrogen (secondary N) is 2. The van der Waals surface area contributed by atoms with Crippen LogP contribution in [-0.4, -0.2) is 38.0 Å². The SMILES string of the molecule is CC(CS(C)(=O)=O)NCCc1c[nH]c2ccccc12. The van der Waals surface area contributed by atoms with Gasteiger partial charge in [-0.25, -0.2) is 8.42 Å². The van der Waals surface area contributed by atoms with Crippen LogP contribution in [0, 0.1) is 0 Å². The van der Waals surface area contributed by atoms with Crippen LogP contribution in [0.5, 0.6) is 0 Å². The van der Waals surface area contributed by atoms with E-state index in [1.165, 1.54) is 17.2 Å². The fourth-order valence-corrected chi connectivity index (χ4v) is 3.33. The van der Waals surface area contributed by atoms with Crippen LogP contribution in [0.2, 0.25) is 0 Å². The normalized spacial score (nSPS) is 13.8. The zero-order valence-electron chi connectivity index (χ0n) is 11.3. The summed E-state index contributed by atoms with van der Waals surface area (Å²) in [7, 11) is -2.91. The molecule has 2 rings (SSSR count). The zero-order valence-corrected chi connectivity index (χ0v) is 12.1. The molecule has 2 aromatic rings. The number of hydrogen-bond donors (Lipinski definition) is 2. The molecule has 0 aliphatic carbocycles. The number of aromatic nitrogens is 1. The second-order valence-electron chi connectivity index (χ2n) is 5.06. The average Bonchev–Trinajstić information content (AvgIpc) is 2.70. The van der Waals surface area contributed by atoms with Crippen molar-refractivity contribution in [3.8, 4) is 0 Å². The van der Waals surface area contributed by atoms with E-state index in [1.54, 1.807) is 0 Å². The van der Waals surface area contributed by atoms with Crippen molar-refractivity contribution in [3.63, 3.8) is 0 Å².